The van der Waals surface area contributed by atoms with Gasteiger partial charge in [-0.15, -0.1) is 0 Å². The van der Waals surface area contributed by atoms with E-state index < -0.39 is 5.97 Å². The number of nitriles is 1. The molecule has 6 heteroatoms. The molecular weight excluding hydrogens is 260 g/mol. The van der Waals surface area contributed by atoms with Crippen LogP contribution in [0.3, 0.4) is 0 Å². The lowest BCUT2D eigenvalue weighted by Crippen LogP contribution is -2.02. The topological polar surface area (TPSA) is 106 Å². The standard InChI is InChI=1S/C14H12N2O4/c15-7-11-5-10(8-16(11)3-4-17)9-1-2-12(14(19)20)13(18)6-9/h1-2,5-6,8,17-18H,3-4H2,(H,19,20). The fourth-order valence-corrected chi connectivity index (χ4v) is 1.94. The Morgan fingerprint density at radius 2 is 2.05 bits per heavy atom. The van der Waals surface area contributed by atoms with Gasteiger partial charge in [-0.25, -0.2) is 4.79 Å². The van der Waals surface area contributed by atoms with Crippen LogP contribution in [0.25, 0.3) is 11.1 Å². The van der Waals surface area contributed by atoms with E-state index >= 15 is 0 Å². The number of carboxylic acid groups (broad SMARTS) is 1. The number of aromatic carboxylic acids is 1. The van der Waals surface area contributed by atoms with Crippen molar-refractivity contribution in [3.63, 3.8) is 0 Å². The number of hydrogen-bond acceptors (Lipinski definition) is 4. The summed E-state index contributed by atoms with van der Waals surface area (Å²) in [4.78, 5) is 10.8. The monoisotopic (exact) mass is 272 g/mol. The van der Waals surface area contributed by atoms with Crippen molar-refractivity contribution in [3.05, 3.63) is 41.7 Å². The third kappa shape index (κ3) is 2.48. The third-order valence-electron chi connectivity index (χ3n) is 2.91. The van der Waals surface area contributed by atoms with Gasteiger partial charge in [-0.05, 0) is 23.8 Å². The Morgan fingerprint density at radius 3 is 2.60 bits per heavy atom. The van der Waals surface area contributed by atoms with Crippen molar-refractivity contribution in [1.29, 1.82) is 5.26 Å². The third-order valence-corrected chi connectivity index (χ3v) is 2.91. The molecule has 0 aliphatic heterocycles. The Morgan fingerprint density at radius 1 is 1.30 bits per heavy atom. The van der Waals surface area contributed by atoms with Crippen molar-refractivity contribution in [2.24, 2.45) is 0 Å². The van der Waals surface area contributed by atoms with E-state index in [1.54, 1.807) is 22.9 Å². The highest BCUT2D eigenvalue weighted by atomic mass is 16.4. The second kappa shape index (κ2) is 5.47. The van der Waals surface area contributed by atoms with Crippen molar-refractivity contribution in [1.82, 2.24) is 4.57 Å². The molecule has 20 heavy (non-hydrogen) atoms. The molecule has 0 amide bonds. The predicted molar refractivity (Wildman–Crippen MR) is 70.3 cm³/mol. The van der Waals surface area contributed by atoms with Gasteiger partial charge < -0.3 is 19.9 Å². The van der Waals surface area contributed by atoms with Crippen molar-refractivity contribution >= 4 is 5.97 Å². The SMILES string of the molecule is N#Cc1cc(-c2ccc(C(=O)O)c(O)c2)cn1CCO. The minimum absolute atomic E-state index is 0.0913. The van der Waals surface area contributed by atoms with Crippen LogP contribution in [0.1, 0.15) is 16.1 Å². The molecule has 0 atom stereocenters. The largest absolute Gasteiger partial charge is 0.507 e. The van der Waals surface area contributed by atoms with E-state index in [9.17, 15) is 9.90 Å². The molecule has 2 aromatic rings. The van der Waals surface area contributed by atoms with E-state index in [0.29, 0.717) is 23.4 Å². The molecule has 6 nitrogen and oxygen atoms in total. The van der Waals surface area contributed by atoms with Crippen LogP contribution in [0.4, 0.5) is 0 Å². The van der Waals surface area contributed by atoms with Crippen molar-refractivity contribution in [3.8, 4) is 22.9 Å². The number of aliphatic hydroxyl groups excluding tert-OH is 1. The second-order valence-corrected chi connectivity index (χ2v) is 4.18. The average Bonchev–Trinajstić information content (AvgIpc) is 2.82. The number of aromatic hydroxyl groups is 1. The van der Waals surface area contributed by atoms with Gasteiger partial charge in [0.05, 0.1) is 6.61 Å². The first kappa shape index (κ1) is 13.6. The molecule has 0 radical (unpaired) electrons. The highest BCUT2D eigenvalue weighted by Crippen LogP contribution is 2.28. The minimum atomic E-state index is -1.20. The molecule has 0 aliphatic rings. The van der Waals surface area contributed by atoms with Gasteiger partial charge in [-0.1, -0.05) is 6.07 Å². The van der Waals surface area contributed by atoms with Crippen LogP contribution in [0, 0.1) is 11.3 Å². The van der Waals surface area contributed by atoms with E-state index in [2.05, 4.69) is 0 Å². The molecule has 0 bridgehead atoms. The van der Waals surface area contributed by atoms with Crippen LogP contribution in [0.15, 0.2) is 30.5 Å². The van der Waals surface area contributed by atoms with Gasteiger partial charge in [0.25, 0.3) is 0 Å². The molecule has 0 saturated heterocycles. The number of aliphatic hydroxyl groups is 1. The molecule has 1 aromatic heterocycles. The molecule has 1 heterocycles. The van der Waals surface area contributed by atoms with Gasteiger partial charge in [-0.2, -0.15) is 5.26 Å². The number of carbonyl (C=O) groups is 1. The van der Waals surface area contributed by atoms with Crippen molar-refractivity contribution in [2.45, 2.75) is 6.54 Å². The Balaban J connectivity index is 2.44. The molecule has 0 aliphatic carbocycles. The van der Waals surface area contributed by atoms with Gasteiger partial charge >= 0.3 is 5.97 Å². The van der Waals surface area contributed by atoms with Crippen LogP contribution < -0.4 is 0 Å². The molecular formula is C14H12N2O4. The number of rotatable bonds is 4. The maximum absolute atomic E-state index is 10.8. The van der Waals surface area contributed by atoms with Crippen molar-refractivity contribution < 1.29 is 20.1 Å². The zero-order valence-electron chi connectivity index (χ0n) is 10.4. The maximum atomic E-state index is 10.8. The van der Waals surface area contributed by atoms with E-state index in [-0.39, 0.29) is 17.9 Å². The summed E-state index contributed by atoms with van der Waals surface area (Å²) in [5.41, 5.74) is 1.47. The van der Waals surface area contributed by atoms with Gasteiger partial charge in [0.15, 0.2) is 0 Å². The summed E-state index contributed by atoms with van der Waals surface area (Å²) in [5, 5.41) is 36.4. The lowest BCUT2D eigenvalue weighted by atomic mass is 10.1. The van der Waals surface area contributed by atoms with Gasteiger partial charge in [0.1, 0.15) is 23.1 Å². The highest BCUT2D eigenvalue weighted by molar-refractivity contribution is 5.91. The quantitative estimate of drug-likeness (QED) is 0.780. The fourth-order valence-electron chi connectivity index (χ4n) is 1.94. The van der Waals surface area contributed by atoms with E-state index in [1.165, 1.54) is 12.1 Å². The summed E-state index contributed by atoms with van der Waals surface area (Å²) < 4.78 is 1.59. The number of phenols is 1. The van der Waals surface area contributed by atoms with E-state index in [4.69, 9.17) is 15.5 Å². The normalized spacial score (nSPS) is 10.2. The lowest BCUT2D eigenvalue weighted by molar-refractivity contribution is 0.0694. The summed E-state index contributed by atoms with van der Waals surface area (Å²) >= 11 is 0. The van der Waals surface area contributed by atoms with Crippen molar-refractivity contribution in [2.75, 3.05) is 6.61 Å². The zero-order valence-corrected chi connectivity index (χ0v) is 10.4. The molecule has 0 saturated carbocycles. The first-order valence-corrected chi connectivity index (χ1v) is 5.84. The number of benzene rings is 1. The first-order chi connectivity index (χ1) is 9.56. The molecule has 0 unspecified atom stereocenters. The van der Waals surface area contributed by atoms with Gasteiger partial charge in [0, 0.05) is 18.3 Å². The van der Waals surface area contributed by atoms with Crippen LogP contribution in [-0.2, 0) is 6.54 Å². The molecule has 2 rings (SSSR count). The smallest absolute Gasteiger partial charge is 0.339 e. The molecule has 0 fully saturated rings. The first-order valence-electron chi connectivity index (χ1n) is 5.84. The van der Waals surface area contributed by atoms with Gasteiger partial charge in [-0.3, -0.25) is 0 Å². The Bertz CT molecular complexity index is 698. The van der Waals surface area contributed by atoms with Crippen LogP contribution >= 0.6 is 0 Å². The number of aromatic nitrogens is 1. The Hall–Kier alpha value is -2.78. The Kier molecular flexibility index (Phi) is 3.73. The van der Waals surface area contributed by atoms with Crippen LogP contribution in [0.5, 0.6) is 5.75 Å². The lowest BCUT2D eigenvalue weighted by Gasteiger charge is -2.03. The number of hydrogen-bond donors (Lipinski definition) is 3. The van der Waals surface area contributed by atoms with Crippen LogP contribution in [0.2, 0.25) is 0 Å². The van der Waals surface area contributed by atoms with Gasteiger partial charge in [0.2, 0.25) is 0 Å². The molecule has 102 valence electrons. The summed E-state index contributed by atoms with van der Waals surface area (Å²) in [5.74, 6) is -1.53. The fraction of sp³-hybridized carbons (Fsp3) is 0.143. The number of carboxylic acids is 1. The highest BCUT2D eigenvalue weighted by Gasteiger charge is 2.12. The van der Waals surface area contributed by atoms with E-state index in [0.717, 1.165) is 0 Å². The summed E-state index contributed by atoms with van der Waals surface area (Å²) in [7, 11) is 0. The van der Waals surface area contributed by atoms with Crippen LogP contribution in [-0.4, -0.2) is 32.5 Å². The molecule has 1 aromatic carbocycles. The summed E-state index contributed by atoms with van der Waals surface area (Å²) in [6, 6.07) is 7.83. The zero-order chi connectivity index (χ0) is 14.7. The Labute approximate surface area is 114 Å². The average molecular weight is 272 g/mol. The molecule has 3 N–H and O–H groups in total. The summed E-state index contributed by atoms with van der Waals surface area (Å²) in [6.45, 7) is 0.202. The van der Waals surface area contributed by atoms with E-state index in [1.807, 2.05) is 6.07 Å². The summed E-state index contributed by atoms with van der Waals surface area (Å²) in [6.07, 6.45) is 1.67. The maximum Gasteiger partial charge on any atom is 0.339 e. The second-order valence-electron chi connectivity index (χ2n) is 4.18. The number of nitrogens with zero attached hydrogens (tertiary/aromatic N) is 2. The minimum Gasteiger partial charge on any atom is -0.507 e. The predicted octanol–water partition coefficient (Wildman–Crippen LogP) is 1.42. The molecule has 0 spiro atoms.